The van der Waals surface area contributed by atoms with Crippen molar-refractivity contribution in [3.05, 3.63) is 41.9 Å². The van der Waals surface area contributed by atoms with Crippen LogP contribution in [0.5, 0.6) is 0 Å². The Morgan fingerprint density at radius 3 is 2.75 bits per heavy atom. The van der Waals surface area contributed by atoms with Gasteiger partial charge in [-0.05, 0) is 44.7 Å². The number of methoxy groups -OCH3 is 1. The molecule has 0 saturated heterocycles. The summed E-state index contributed by atoms with van der Waals surface area (Å²) in [6.45, 7) is 1.94. The van der Waals surface area contributed by atoms with Gasteiger partial charge in [0.1, 0.15) is 5.82 Å². The van der Waals surface area contributed by atoms with Gasteiger partial charge < -0.3 is 15.2 Å². The number of nitrogens with zero attached hydrogens (tertiary/aromatic N) is 3. The van der Waals surface area contributed by atoms with Gasteiger partial charge in [-0.3, -0.25) is 10.1 Å². The van der Waals surface area contributed by atoms with Crippen molar-refractivity contribution < 1.29 is 14.6 Å². The standard InChI is InChI=1S/C20H23N5O3/c1-12-10-16(25-24-12)22-15-11-14-4-3-9-21-17(14)18(23-15)13-5-7-20(28-2,8-6-13)19(26)27/h3-4,9-11,13H,5-8H2,1-2H3,(H,26,27)(H2,22,23,24,25)/t13-,20+. The van der Waals surface area contributed by atoms with Crippen LogP contribution in [0.3, 0.4) is 0 Å². The van der Waals surface area contributed by atoms with Gasteiger partial charge in [-0.25, -0.2) is 9.78 Å². The van der Waals surface area contributed by atoms with Crippen LogP contribution in [0.1, 0.15) is 43.0 Å². The monoisotopic (exact) mass is 381 g/mol. The molecule has 0 radical (unpaired) electrons. The zero-order chi connectivity index (χ0) is 19.7. The highest BCUT2D eigenvalue weighted by Gasteiger charge is 2.43. The lowest BCUT2D eigenvalue weighted by Gasteiger charge is -2.35. The Labute approximate surface area is 162 Å². The first kappa shape index (κ1) is 18.4. The average molecular weight is 381 g/mol. The maximum Gasteiger partial charge on any atom is 0.335 e. The van der Waals surface area contributed by atoms with Gasteiger partial charge in [0.2, 0.25) is 0 Å². The molecule has 1 aliphatic rings. The number of nitrogens with one attached hydrogen (secondary N) is 2. The third-order valence-corrected chi connectivity index (χ3v) is 5.54. The second-order valence-corrected chi connectivity index (χ2v) is 7.31. The second-order valence-electron chi connectivity index (χ2n) is 7.31. The number of hydrogen-bond acceptors (Lipinski definition) is 6. The predicted octanol–water partition coefficient (Wildman–Crippen LogP) is 3.53. The lowest BCUT2D eigenvalue weighted by Crippen LogP contribution is -2.43. The highest BCUT2D eigenvalue weighted by atomic mass is 16.5. The van der Waals surface area contributed by atoms with E-state index < -0.39 is 11.6 Å². The van der Waals surface area contributed by atoms with E-state index in [1.807, 2.05) is 31.2 Å². The molecule has 1 aliphatic carbocycles. The van der Waals surface area contributed by atoms with Crippen LogP contribution in [0, 0.1) is 6.92 Å². The van der Waals surface area contributed by atoms with Crippen LogP contribution in [0.2, 0.25) is 0 Å². The molecule has 0 amide bonds. The van der Waals surface area contributed by atoms with E-state index in [0.29, 0.717) is 37.3 Å². The smallest absolute Gasteiger partial charge is 0.335 e. The Balaban J connectivity index is 1.67. The third kappa shape index (κ3) is 3.31. The second kappa shape index (κ2) is 7.20. The molecule has 146 valence electrons. The lowest BCUT2D eigenvalue weighted by molar-refractivity contribution is -0.166. The van der Waals surface area contributed by atoms with Gasteiger partial charge in [0, 0.05) is 36.4 Å². The number of fused-ring (bicyclic) bond motifs is 1. The first-order valence-corrected chi connectivity index (χ1v) is 9.34. The van der Waals surface area contributed by atoms with Gasteiger partial charge in [-0.15, -0.1) is 0 Å². The molecule has 28 heavy (non-hydrogen) atoms. The van der Waals surface area contributed by atoms with Crippen molar-refractivity contribution in [1.29, 1.82) is 0 Å². The number of pyridine rings is 2. The van der Waals surface area contributed by atoms with Crippen LogP contribution in [-0.4, -0.2) is 44.0 Å². The van der Waals surface area contributed by atoms with E-state index >= 15 is 0 Å². The summed E-state index contributed by atoms with van der Waals surface area (Å²) >= 11 is 0. The van der Waals surface area contributed by atoms with Crippen molar-refractivity contribution in [3.8, 4) is 0 Å². The summed E-state index contributed by atoms with van der Waals surface area (Å²) in [4.78, 5) is 21.0. The van der Waals surface area contributed by atoms with Crippen LogP contribution in [0.25, 0.3) is 10.9 Å². The van der Waals surface area contributed by atoms with Crippen molar-refractivity contribution in [2.24, 2.45) is 0 Å². The molecule has 4 rings (SSSR count). The molecule has 1 saturated carbocycles. The number of carbonyl (C=O) groups is 1. The molecule has 0 bridgehead atoms. The minimum Gasteiger partial charge on any atom is -0.479 e. The average Bonchev–Trinajstić information content (AvgIpc) is 3.12. The molecule has 8 heteroatoms. The topological polar surface area (TPSA) is 113 Å². The molecule has 0 atom stereocenters. The Bertz CT molecular complexity index is 1010. The maximum atomic E-state index is 11.6. The first-order chi connectivity index (χ1) is 13.5. The number of carboxylic acids is 1. The normalized spacial score (nSPS) is 22.3. The van der Waals surface area contributed by atoms with Gasteiger partial charge in [-0.1, -0.05) is 6.07 Å². The lowest BCUT2D eigenvalue weighted by atomic mass is 9.77. The summed E-state index contributed by atoms with van der Waals surface area (Å²) in [7, 11) is 1.47. The first-order valence-electron chi connectivity index (χ1n) is 9.34. The number of ether oxygens (including phenoxy) is 1. The van der Waals surface area contributed by atoms with Crippen molar-refractivity contribution in [1.82, 2.24) is 20.2 Å². The number of anilines is 2. The molecular formula is C20H23N5O3. The summed E-state index contributed by atoms with van der Waals surface area (Å²) in [6.07, 6.45) is 4.04. The summed E-state index contributed by atoms with van der Waals surface area (Å²) < 4.78 is 5.36. The SMILES string of the molecule is CO[C@]1(C(=O)O)CC[C@H](c2nc(Nc3cc(C)[nH]n3)cc3cccnc32)CC1. The van der Waals surface area contributed by atoms with Gasteiger partial charge in [-0.2, -0.15) is 5.10 Å². The van der Waals surface area contributed by atoms with E-state index in [9.17, 15) is 9.90 Å². The van der Waals surface area contributed by atoms with Crippen LogP contribution in [-0.2, 0) is 9.53 Å². The zero-order valence-corrected chi connectivity index (χ0v) is 15.9. The Morgan fingerprint density at radius 1 is 1.32 bits per heavy atom. The number of hydrogen-bond donors (Lipinski definition) is 3. The van der Waals surface area contributed by atoms with Gasteiger partial charge in [0.25, 0.3) is 0 Å². The molecular weight excluding hydrogens is 358 g/mol. The van der Waals surface area contributed by atoms with Crippen LogP contribution in [0.4, 0.5) is 11.6 Å². The third-order valence-electron chi connectivity index (χ3n) is 5.54. The van der Waals surface area contributed by atoms with Gasteiger partial charge in [0.05, 0.1) is 11.2 Å². The van der Waals surface area contributed by atoms with Crippen LogP contribution < -0.4 is 5.32 Å². The van der Waals surface area contributed by atoms with Crippen LogP contribution >= 0.6 is 0 Å². The molecule has 0 spiro atoms. The Morgan fingerprint density at radius 2 is 2.11 bits per heavy atom. The molecule has 3 heterocycles. The Hall–Kier alpha value is -3.00. The number of H-pyrrole nitrogens is 1. The predicted molar refractivity (Wildman–Crippen MR) is 105 cm³/mol. The number of aliphatic carboxylic acids is 1. The number of aromatic amines is 1. The summed E-state index contributed by atoms with van der Waals surface area (Å²) in [5.74, 6) is 0.632. The highest BCUT2D eigenvalue weighted by Crippen LogP contribution is 2.41. The van der Waals surface area contributed by atoms with Gasteiger partial charge in [0.15, 0.2) is 11.4 Å². The van der Waals surface area contributed by atoms with E-state index in [2.05, 4.69) is 20.5 Å². The largest absolute Gasteiger partial charge is 0.479 e. The molecule has 0 aromatic carbocycles. The quantitative estimate of drug-likeness (QED) is 0.619. The molecule has 8 nitrogen and oxygen atoms in total. The molecule has 3 aromatic heterocycles. The fourth-order valence-corrected chi connectivity index (χ4v) is 3.94. The van der Waals surface area contributed by atoms with Crippen molar-refractivity contribution in [2.75, 3.05) is 12.4 Å². The zero-order valence-electron chi connectivity index (χ0n) is 15.9. The van der Waals surface area contributed by atoms with E-state index in [4.69, 9.17) is 9.72 Å². The van der Waals surface area contributed by atoms with E-state index in [1.54, 1.807) is 6.20 Å². The number of rotatable bonds is 5. The molecule has 3 aromatic rings. The number of aryl methyl sites for hydroxylation is 1. The molecule has 0 aliphatic heterocycles. The fourth-order valence-electron chi connectivity index (χ4n) is 3.94. The maximum absolute atomic E-state index is 11.6. The molecule has 0 unspecified atom stereocenters. The highest BCUT2D eigenvalue weighted by molar-refractivity contribution is 5.84. The molecule has 1 fully saturated rings. The minimum atomic E-state index is -1.10. The number of aromatic nitrogens is 4. The summed E-state index contributed by atoms with van der Waals surface area (Å²) in [5, 5.41) is 20.9. The summed E-state index contributed by atoms with van der Waals surface area (Å²) in [5.41, 5.74) is 1.61. The fraction of sp³-hybridized carbons (Fsp3) is 0.400. The molecule has 3 N–H and O–H groups in total. The van der Waals surface area contributed by atoms with Gasteiger partial charge >= 0.3 is 5.97 Å². The Kier molecular flexibility index (Phi) is 4.72. The minimum absolute atomic E-state index is 0.127. The van der Waals surface area contributed by atoms with E-state index in [0.717, 1.165) is 22.3 Å². The number of carboxylic acid groups (broad SMARTS) is 1. The summed E-state index contributed by atoms with van der Waals surface area (Å²) in [6, 6.07) is 7.77. The van der Waals surface area contributed by atoms with E-state index in [-0.39, 0.29) is 5.92 Å². The van der Waals surface area contributed by atoms with Crippen molar-refractivity contribution >= 4 is 28.5 Å². The van der Waals surface area contributed by atoms with E-state index in [1.165, 1.54) is 7.11 Å². The van der Waals surface area contributed by atoms with Crippen molar-refractivity contribution in [2.45, 2.75) is 44.1 Å². The van der Waals surface area contributed by atoms with Crippen LogP contribution in [0.15, 0.2) is 30.5 Å². The van der Waals surface area contributed by atoms with Crippen molar-refractivity contribution in [3.63, 3.8) is 0 Å².